The molecule has 0 unspecified atom stereocenters. The van der Waals surface area contributed by atoms with Gasteiger partial charge in [0.1, 0.15) is 11.8 Å². The molecule has 0 aliphatic carbocycles. The summed E-state index contributed by atoms with van der Waals surface area (Å²) in [5.74, 6) is -0.596. The van der Waals surface area contributed by atoms with Crippen LogP contribution in [0.2, 0.25) is 0 Å². The molecule has 0 atom stereocenters. The molecule has 0 saturated carbocycles. The van der Waals surface area contributed by atoms with Gasteiger partial charge in [-0.2, -0.15) is 0 Å². The number of halogens is 1. The predicted octanol–water partition coefficient (Wildman–Crippen LogP) is 1.18. The van der Waals surface area contributed by atoms with Crippen molar-refractivity contribution < 1.29 is 13.9 Å². The Balaban J connectivity index is 2.59. The molecular weight excluding hydrogens is 202 g/mol. The van der Waals surface area contributed by atoms with E-state index in [1.807, 2.05) is 0 Å². The minimum atomic E-state index is -0.568. The van der Waals surface area contributed by atoms with Gasteiger partial charge in [-0.1, -0.05) is 0 Å². The van der Waals surface area contributed by atoms with Crippen molar-refractivity contribution >= 4 is 21.9 Å². The van der Waals surface area contributed by atoms with Crippen LogP contribution in [0.5, 0.6) is 0 Å². The van der Waals surface area contributed by atoms with Crippen LogP contribution in [0.1, 0.15) is 10.7 Å². The number of carbonyl (C=O) groups is 1. The Morgan fingerprint density at radius 3 is 3.20 bits per heavy atom. The van der Waals surface area contributed by atoms with Crippen molar-refractivity contribution in [2.24, 2.45) is 0 Å². The van der Waals surface area contributed by atoms with Crippen molar-refractivity contribution in [2.45, 2.75) is 0 Å². The summed E-state index contributed by atoms with van der Waals surface area (Å²) in [6.45, 7) is 0. The largest absolute Gasteiger partial charge is 0.447 e. The topological polar surface area (TPSA) is 52.3 Å². The summed E-state index contributed by atoms with van der Waals surface area (Å²) >= 11 is 2.92. The first-order valence-electron chi connectivity index (χ1n) is 2.47. The van der Waals surface area contributed by atoms with E-state index in [9.17, 15) is 4.79 Å². The van der Waals surface area contributed by atoms with Gasteiger partial charge in [0.05, 0.1) is 6.20 Å². The van der Waals surface area contributed by atoms with Gasteiger partial charge in [0.15, 0.2) is 0 Å². The van der Waals surface area contributed by atoms with E-state index < -0.39 is 5.97 Å². The molecule has 0 radical (unpaired) electrons. The molecule has 0 N–H and O–H groups in total. The van der Waals surface area contributed by atoms with Crippen molar-refractivity contribution in [1.29, 1.82) is 0 Å². The lowest BCUT2D eigenvalue weighted by molar-refractivity contribution is 0.0539. The first-order chi connectivity index (χ1) is 4.84. The predicted molar refractivity (Wildman–Crippen MR) is 35.7 cm³/mol. The van der Waals surface area contributed by atoms with Gasteiger partial charge in [0.25, 0.3) is 0 Å². The average molecular weight is 206 g/mol. The number of oxazole rings is 1. The van der Waals surface area contributed by atoms with Crippen molar-refractivity contribution in [3.8, 4) is 0 Å². The Labute approximate surface area is 65.3 Å². The lowest BCUT2D eigenvalue weighted by Gasteiger charge is -1.92. The van der Waals surface area contributed by atoms with Gasteiger partial charge in [-0.15, -0.1) is 0 Å². The number of esters is 1. The quantitative estimate of drug-likeness (QED) is 0.538. The maximum Gasteiger partial charge on any atom is 0.395 e. The molecule has 0 spiro atoms. The third-order valence-electron chi connectivity index (χ3n) is 0.793. The average Bonchev–Trinajstić information content (AvgIpc) is 2.38. The highest BCUT2D eigenvalue weighted by Crippen LogP contribution is 1.97. The van der Waals surface area contributed by atoms with Crippen molar-refractivity contribution in [2.75, 3.05) is 5.52 Å². The molecule has 54 valence electrons. The Morgan fingerprint density at radius 2 is 2.70 bits per heavy atom. The Morgan fingerprint density at radius 1 is 1.90 bits per heavy atom. The first kappa shape index (κ1) is 7.27. The maximum absolute atomic E-state index is 10.7. The molecule has 0 saturated heterocycles. The number of ether oxygens (including phenoxy) is 1. The van der Waals surface area contributed by atoms with Crippen LogP contribution in [-0.4, -0.2) is 16.5 Å². The monoisotopic (exact) mass is 205 g/mol. The number of rotatable bonds is 2. The van der Waals surface area contributed by atoms with Crippen LogP contribution in [-0.2, 0) is 4.74 Å². The van der Waals surface area contributed by atoms with Crippen molar-refractivity contribution in [1.82, 2.24) is 4.98 Å². The fourth-order valence-electron chi connectivity index (χ4n) is 0.436. The third-order valence-corrected chi connectivity index (χ3v) is 1.02. The van der Waals surface area contributed by atoms with E-state index in [1.165, 1.54) is 12.5 Å². The SMILES string of the molecule is O=C(OCBr)c1ncco1. The highest BCUT2D eigenvalue weighted by molar-refractivity contribution is 9.09. The van der Waals surface area contributed by atoms with Gasteiger partial charge in [-0.25, -0.2) is 9.78 Å². The molecule has 0 aliphatic rings. The number of hydrogen-bond acceptors (Lipinski definition) is 4. The molecule has 1 aromatic heterocycles. The van der Waals surface area contributed by atoms with E-state index >= 15 is 0 Å². The van der Waals surface area contributed by atoms with Gasteiger partial charge in [0, 0.05) is 0 Å². The van der Waals surface area contributed by atoms with Crippen LogP contribution in [0.15, 0.2) is 16.9 Å². The molecule has 1 rings (SSSR count). The number of aromatic nitrogens is 1. The van der Waals surface area contributed by atoms with Crippen LogP contribution in [0.3, 0.4) is 0 Å². The molecule has 0 bridgehead atoms. The highest BCUT2D eigenvalue weighted by atomic mass is 79.9. The summed E-state index contributed by atoms with van der Waals surface area (Å²) < 4.78 is 9.15. The van der Waals surface area contributed by atoms with Gasteiger partial charge in [0.2, 0.25) is 0 Å². The second kappa shape index (κ2) is 3.36. The van der Waals surface area contributed by atoms with Crippen molar-refractivity contribution in [3.05, 3.63) is 18.4 Å². The molecule has 0 amide bonds. The standard InChI is InChI=1S/C5H4BrNO3/c6-3-10-5(8)4-7-1-2-9-4/h1-2H,3H2. The number of nitrogens with zero attached hydrogens (tertiary/aromatic N) is 1. The molecule has 5 heteroatoms. The van der Waals surface area contributed by atoms with Gasteiger partial charge >= 0.3 is 11.9 Å². The maximum atomic E-state index is 10.7. The fourth-order valence-corrected chi connectivity index (χ4v) is 0.643. The summed E-state index contributed by atoms with van der Waals surface area (Å²) in [4.78, 5) is 14.3. The van der Waals surface area contributed by atoms with Crippen LogP contribution in [0, 0.1) is 0 Å². The Kier molecular flexibility index (Phi) is 2.44. The Bertz CT molecular complexity index is 209. The smallest absolute Gasteiger partial charge is 0.395 e. The Hall–Kier alpha value is -0.840. The minimum Gasteiger partial charge on any atom is -0.447 e. The molecule has 1 heterocycles. The van der Waals surface area contributed by atoms with E-state index in [0.29, 0.717) is 0 Å². The first-order valence-corrected chi connectivity index (χ1v) is 3.59. The van der Waals surface area contributed by atoms with Gasteiger partial charge in [-0.05, 0) is 15.9 Å². The molecule has 0 fully saturated rings. The van der Waals surface area contributed by atoms with E-state index in [-0.39, 0.29) is 11.4 Å². The molecule has 4 nitrogen and oxygen atoms in total. The minimum absolute atomic E-state index is 0.0283. The van der Waals surface area contributed by atoms with E-state index in [1.54, 1.807) is 0 Å². The zero-order valence-electron chi connectivity index (χ0n) is 4.91. The highest BCUT2D eigenvalue weighted by Gasteiger charge is 2.09. The molecule has 0 aliphatic heterocycles. The number of alkyl halides is 1. The van der Waals surface area contributed by atoms with Gasteiger partial charge in [-0.3, -0.25) is 0 Å². The number of carbonyl (C=O) groups excluding carboxylic acids is 1. The summed E-state index contributed by atoms with van der Waals surface area (Å²) in [6.07, 6.45) is 2.69. The summed E-state index contributed by atoms with van der Waals surface area (Å²) in [6, 6.07) is 0. The van der Waals surface area contributed by atoms with Crippen LogP contribution in [0.4, 0.5) is 0 Å². The summed E-state index contributed by atoms with van der Waals surface area (Å²) in [7, 11) is 0. The fraction of sp³-hybridized carbons (Fsp3) is 0.200. The van der Waals surface area contributed by atoms with Crippen LogP contribution in [0.25, 0.3) is 0 Å². The van der Waals surface area contributed by atoms with E-state index in [4.69, 9.17) is 0 Å². The normalized spacial score (nSPS) is 9.30. The summed E-state index contributed by atoms with van der Waals surface area (Å²) in [5, 5.41) is 0. The van der Waals surface area contributed by atoms with Crippen LogP contribution >= 0.6 is 15.9 Å². The van der Waals surface area contributed by atoms with E-state index in [2.05, 4.69) is 30.1 Å². The zero-order valence-corrected chi connectivity index (χ0v) is 6.50. The lowest BCUT2D eigenvalue weighted by Crippen LogP contribution is -2.02. The number of hydrogen-bond donors (Lipinski definition) is 0. The van der Waals surface area contributed by atoms with Crippen LogP contribution < -0.4 is 0 Å². The zero-order chi connectivity index (χ0) is 7.40. The molecule has 10 heavy (non-hydrogen) atoms. The lowest BCUT2D eigenvalue weighted by atomic mass is 10.7. The third kappa shape index (κ3) is 1.57. The van der Waals surface area contributed by atoms with Crippen molar-refractivity contribution in [3.63, 3.8) is 0 Å². The second-order valence-corrected chi connectivity index (χ2v) is 1.84. The molecule has 1 aromatic rings. The second-order valence-electron chi connectivity index (χ2n) is 1.38. The van der Waals surface area contributed by atoms with Gasteiger partial charge < -0.3 is 9.15 Å². The molecule has 0 aromatic carbocycles. The molecular formula is C5H4BrNO3. The van der Waals surface area contributed by atoms with E-state index in [0.717, 1.165) is 0 Å². The summed E-state index contributed by atoms with van der Waals surface area (Å²) in [5.41, 5.74) is 0.147.